The van der Waals surface area contributed by atoms with Gasteiger partial charge in [-0.05, 0) is 18.2 Å². The van der Waals surface area contributed by atoms with Gasteiger partial charge in [0.2, 0.25) is 0 Å². The van der Waals surface area contributed by atoms with Gasteiger partial charge in [0.25, 0.3) is 0 Å². The summed E-state index contributed by atoms with van der Waals surface area (Å²) in [5, 5.41) is 8.82. The van der Waals surface area contributed by atoms with Gasteiger partial charge in [-0.1, -0.05) is 6.07 Å². The van der Waals surface area contributed by atoms with Crippen molar-refractivity contribution in [2.24, 2.45) is 0 Å². The van der Waals surface area contributed by atoms with Crippen LogP contribution in [-0.2, 0) is 6.61 Å². The van der Waals surface area contributed by atoms with E-state index in [0.717, 1.165) is 0 Å². The van der Waals surface area contributed by atoms with Gasteiger partial charge in [-0.2, -0.15) is 0 Å². The first kappa shape index (κ1) is 12.7. The number of pyridine rings is 2. The average molecular weight is 258 g/mol. The third-order valence-electron chi connectivity index (χ3n) is 2.34. The quantitative estimate of drug-likeness (QED) is 0.819. The fraction of sp³-hybridized carbons (Fsp3) is 0.0769. The van der Waals surface area contributed by atoms with Crippen molar-refractivity contribution in [3.8, 4) is 5.75 Å². The van der Waals surface area contributed by atoms with Crippen LogP contribution in [0.15, 0.2) is 36.7 Å². The largest absolute Gasteiger partial charge is 0.485 e. The normalized spacial score (nSPS) is 9.89. The van der Waals surface area contributed by atoms with Crippen molar-refractivity contribution < 1.29 is 19.4 Å². The zero-order chi connectivity index (χ0) is 13.7. The van der Waals surface area contributed by atoms with Gasteiger partial charge in [0.05, 0.1) is 17.5 Å². The molecule has 0 unspecified atom stereocenters. The first-order chi connectivity index (χ1) is 9.20. The van der Waals surface area contributed by atoms with Crippen LogP contribution >= 0.6 is 0 Å². The van der Waals surface area contributed by atoms with Crippen LogP contribution in [0.4, 0.5) is 0 Å². The summed E-state index contributed by atoms with van der Waals surface area (Å²) in [4.78, 5) is 29.3. The first-order valence-corrected chi connectivity index (χ1v) is 5.42. The smallest absolute Gasteiger partial charge is 0.354 e. The van der Waals surface area contributed by atoms with Gasteiger partial charge < -0.3 is 9.84 Å². The standard InChI is InChI=1S/C13H10N2O4/c16-7-9-4-5-14-6-12(9)19-8-10-2-1-3-11(15-10)13(17)18/h1-7H,8H2,(H,17,18). The van der Waals surface area contributed by atoms with Crippen molar-refractivity contribution in [3.05, 3.63) is 53.6 Å². The number of carboxylic acid groups (broad SMARTS) is 1. The summed E-state index contributed by atoms with van der Waals surface area (Å²) in [6, 6.07) is 6.15. The number of aromatic carboxylic acids is 1. The van der Waals surface area contributed by atoms with Gasteiger partial charge in [0, 0.05) is 6.20 Å². The maximum Gasteiger partial charge on any atom is 0.354 e. The van der Waals surface area contributed by atoms with Gasteiger partial charge in [0.15, 0.2) is 6.29 Å². The van der Waals surface area contributed by atoms with Gasteiger partial charge in [-0.15, -0.1) is 0 Å². The van der Waals surface area contributed by atoms with Crippen molar-refractivity contribution in [3.63, 3.8) is 0 Å². The molecule has 6 nitrogen and oxygen atoms in total. The molecule has 0 aliphatic rings. The van der Waals surface area contributed by atoms with Crippen LogP contribution in [0.2, 0.25) is 0 Å². The Hall–Kier alpha value is -2.76. The third-order valence-corrected chi connectivity index (χ3v) is 2.34. The molecule has 1 N–H and O–H groups in total. The van der Waals surface area contributed by atoms with E-state index in [1.165, 1.54) is 24.5 Å². The van der Waals surface area contributed by atoms with E-state index >= 15 is 0 Å². The second-order valence-electron chi connectivity index (χ2n) is 3.64. The minimum absolute atomic E-state index is 0.0529. The molecule has 2 aromatic rings. The van der Waals surface area contributed by atoms with Gasteiger partial charge >= 0.3 is 5.97 Å². The maximum atomic E-state index is 10.8. The summed E-state index contributed by atoms with van der Waals surface area (Å²) in [7, 11) is 0. The molecule has 0 aromatic carbocycles. The zero-order valence-electron chi connectivity index (χ0n) is 9.81. The highest BCUT2D eigenvalue weighted by Crippen LogP contribution is 2.15. The van der Waals surface area contributed by atoms with Crippen LogP contribution in [0.5, 0.6) is 5.75 Å². The van der Waals surface area contributed by atoms with Gasteiger partial charge in [0.1, 0.15) is 18.1 Å². The Morgan fingerprint density at radius 1 is 1.37 bits per heavy atom. The van der Waals surface area contributed by atoms with Crippen LogP contribution in [0.1, 0.15) is 26.5 Å². The monoisotopic (exact) mass is 258 g/mol. The van der Waals surface area contributed by atoms with Crippen LogP contribution in [-0.4, -0.2) is 27.3 Å². The van der Waals surface area contributed by atoms with Crippen LogP contribution < -0.4 is 4.74 Å². The second-order valence-corrected chi connectivity index (χ2v) is 3.64. The van der Waals surface area contributed by atoms with E-state index in [4.69, 9.17) is 9.84 Å². The van der Waals surface area contributed by atoms with E-state index in [1.54, 1.807) is 12.1 Å². The molecule has 0 aliphatic carbocycles. The SMILES string of the molecule is O=Cc1ccncc1OCc1cccc(C(=O)O)n1. The Labute approximate surface area is 108 Å². The molecule has 6 heteroatoms. The first-order valence-electron chi connectivity index (χ1n) is 5.42. The van der Waals surface area contributed by atoms with Gasteiger partial charge in [-0.25, -0.2) is 9.78 Å². The molecule has 2 rings (SSSR count). The molecular formula is C13H10N2O4. The summed E-state index contributed by atoms with van der Waals surface area (Å²) in [5.41, 5.74) is 0.785. The number of ether oxygens (including phenoxy) is 1. The number of carbonyl (C=O) groups is 2. The highest BCUT2D eigenvalue weighted by atomic mass is 16.5. The molecule has 0 saturated carbocycles. The minimum atomic E-state index is -1.10. The van der Waals surface area contributed by atoms with Crippen LogP contribution in [0.25, 0.3) is 0 Å². The fourth-order valence-corrected chi connectivity index (χ4v) is 1.44. The number of aromatic nitrogens is 2. The summed E-state index contributed by atoms with van der Waals surface area (Å²) in [6.07, 6.45) is 3.57. The fourth-order valence-electron chi connectivity index (χ4n) is 1.44. The molecule has 0 saturated heterocycles. The molecule has 2 aromatic heterocycles. The lowest BCUT2D eigenvalue weighted by Crippen LogP contribution is -2.05. The topological polar surface area (TPSA) is 89.4 Å². The lowest BCUT2D eigenvalue weighted by molar-refractivity contribution is 0.0690. The van der Waals surface area contributed by atoms with Crippen LogP contribution in [0, 0.1) is 0 Å². The van der Waals surface area contributed by atoms with Gasteiger partial charge in [-0.3, -0.25) is 9.78 Å². The predicted molar refractivity (Wildman–Crippen MR) is 65.2 cm³/mol. The minimum Gasteiger partial charge on any atom is -0.485 e. The summed E-state index contributed by atoms with van der Waals surface area (Å²) in [5.74, 6) is -0.767. The Bertz CT molecular complexity index is 613. The van der Waals surface area contributed by atoms with E-state index in [9.17, 15) is 9.59 Å². The number of hydrogen-bond donors (Lipinski definition) is 1. The Morgan fingerprint density at radius 2 is 2.21 bits per heavy atom. The zero-order valence-corrected chi connectivity index (χ0v) is 9.81. The Kier molecular flexibility index (Phi) is 3.82. The van der Waals surface area contributed by atoms with E-state index in [1.807, 2.05) is 0 Å². The van der Waals surface area contributed by atoms with Crippen molar-refractivity contribution in [2.45, 2.75) is 6.61 Å². The molecule has 0 spiro atoms. The van der Waals surface area contributed by atoms with Crippen LogP contribution in [0.3, 0.4) is 0 Å². The van der Waals surface area contributed by atoms with Crippen molar-refractivity contribution in [1.29, 1.82) is 0 Å². The highest BCUT2D eigenvalue weighted by molar-refractivity contribution is 5.85. The lowest BCUT2D eigenvalue weighted by Gasteiger charge is -2.07. The predicted octanol–water partition coefficient (Wildman–Crippen LogP) is 1.57. The molecular weight excluding hydrogens is 248 g/mol. The van der Waals surface area contributed by atoms with E-state index < -0.39 is 5.97 Å². The number of carbonyl (C=O) groups excluding carboxylic acids is 1. The molecule has 0 bridgehead atoms. The molecule has 0 radical (unpaired) electrons. The highest BCUT2D eigenvalue weighted by Gasteiger charge is 2.07. The molecule has 0 atom stereocenters. The van der Waals surface area contributed by atoms with E-state index in [2.05, 4.69) is 9.97 Å². The average Bonchev–Trinajstić information content (AvgIpc) is 2.45. The number of rotatable bonds is 5. The lowest BCUT2D eigenvalue weighted by atomic mass is 10.3. The number of carboxylic acids is 1. The number of aldehydes is 1. The van der Waals surface area contributed by atoms with E-state index in [-0.39, 0.29) is 12.3 Å². The Balaban J connectivity index is 2.12. The summed E-state index contributed by atoms with van der Waals surface area (Å²) < 4.78 is 5.40. The molecule has 19 heavy (non-hydrogen) atoms. The number of nitrogens with zero attached hydrogens (tertiary/aromatic N) is 2. The molecule has 0 amide bonds. The van der Waals surface area contributed by atoms with E-state index in [0.29, 0.717) is 23.3 Å². The van der Waals surface area contributed by atoms with Crippen molar-refractivity contribution >= 4 is 12.3 Å². The second kappa shape index (κ2) is 5.72. The number of hydrogen-bond acceptors (Lipinski definition) is 5. The third kappa shape index (κ3) is 3.12. The molecule has 0 aliphatic heterocycles. The Morgan fingerprint density at radius 3 is 2.95 bits per heavy atom. The summed E-state index contributed by atoms with van der Waals surface area (Å²) in [6.45, 7) is 0.0631. The molecule has 96 valence electrons. The maximum absolute atomic E-state index is 10.8. The van der Waals surface area contributed by atoms with Crippen molar-refractivity contribution in [2.75, 3.05) is 0 Å². The van der Waals surface area contributed by atoms with Crippen molar-refractivity contribution in [1.82, 2.24) is 9.97 Å². The molecule has 0 fully saturated rings. The molecule has 2 heterocycles. The summed E-state index contributed by atoms with van der Waals surface area (Å²) >= 11 is 0.